The first-order valence-corrected chi connectivity index (χ1v) is 3.07. The molecule has 0 saturated carbocycles. The topological polar surface area (TPSA) is 49.1 Å². The van der Waals surface area contributed by atoms with Crippen LogP contribution in [0.15, 0.2) is 0 Å². The van der Waals surface area contributed by atoms with Crippen LogP contribution in [0.5, 0.6) is 0 Å². The van der Waals surface area contributed by atoms with Crippen LogP contribution in [0.2, 0.25) is 0 Å². The van der Waals surface area contributed by atoms with Gasteiger partial charge in [-0.1, -0.05) is 0 Å². The lowest BCUT2D eigenvalue weighted by atomic mass is 10.6. The van der Waals surface area contributed by atoms with Crippen molar-refractivity contribution in [3.63, 3.8) is 0 Å². The standard InChI is InChI=1S/C3H9NOS/c1-3(2)6(4)5/h3H,4H2,1-2H3/t6-/m1/s1. The average molecular weight is 107 g/mol. The van der Waals surface area contributed by atoms with Crippen molar-refractivity contribution in [1.29, 1.82) is 0 Å². The molecule has 0 aromatic rings. The molecule has 0 spiro atoms. The van der Waals surface area contributed by atoms with Gasteiger partial charge in [0.2, 0.25) is 0 Å². The Kier molecular flexibility index (Phi) is 2.55. The lowest BCUT2D eigenvalue weighted by Gasteiger charge is -2.04. The predicted octanol–water partition coefficient (Wildman–Crippen LogP) is 0.0172. The number of hydrogen-bond acceptors (Lipinski definition) is 2. The second-order valence-corrected chi connectivity index (χ2v) is 2.98. The Balaban J connectivity index is 2.99. The van der Waals surface area contributed by atoms with Gasteiger partial charge in [0.1, 0.15) is 5.25 Å². The minimum atomic E-state index is -1.12. The Bertz CT molecular complexity index is 31.8. The highest BCUT2D eigenvalue weighted by molar-refractivity contribution is 7.89. The lowest BCUT2D eigenvalue weighted by Crippen LogP contribution is -2.22. The molecule has 0 saturated heterocycles. The molecule has 1 atom stereocenters. The molecule has 0 aromatic heterocycles. The van der Waals surface area contributed by atoms with Crippen molar-refractivity contribution in [3.05, 3.63) is 0 Å². The fourth-order valence-electron chi connectivity index (χ4n) is 0. The summed E-state index contributed by atoms with van der Waals surface area (Å²) in [6, 6.07) is 0. The van der Waals surface area contributed by atoms with E-state index >= 15 is 0 Å². The van der Waals surface area contributed by atoms with Crippen LogP contribution in [-0.2, 0) is 11.4 Å². The monoisotopic (exact) mass is 107 g/mol. The van der Waals surface area contributed by atoms with Gasteiger partial charge in [0, 0.05) is 11.4 Å². The molecule has 2 nitrogen and oxygen atoms in total. The van der Waals surface area contributed by atoms with Gasteiger partial charge >= 0.3 is 0 Å². The first-order chi connectivity index (χ1) is 2.64. The molecule has 0 fully saturated rings. The maximum Gasteiger partial charge on any atom is 0.129 e. The Morgan fingerprint density at radius 1 is 1.67 bits per heavy atom. The molecule has 38 valence electrons. The van der Waals surface area contributed by atoms with Crippen molar-refractivity contribution < 1.29 is 4.55 Å². The van der Waals surface area contributed by atoms with Crippen molar-refractivity contribution in [2.75, 3.05) is 0 Å². The molecule has 6 heavy (non-hydrogen) atoms. The Labute approximate surface area is 41.0 Å². The molecular formula is C3H9NOS. The van der Waals surface area contributed by atoms with Gasteiger partial charge in [-0.3, -0.25) is 0 Å². The third-order valence-electron chi connectivity index (χ3n) is 0.465. The molecular weight excluding hydrogens is 98.1 g/mol. The van der Waals surface area contributed by atoms with Gasteiger partial charge < -0.3 is 4.55 Å². The normalized spacial score (nSPS) is 15.5. The summed E-state index contributed by atoms with van der Waals surface area (Å²) in [7, 11) is 0. The van der Waals surface area contributed by atoms with Crippen LogP contribution < -0.4 is 5.14 Å². The van der Waals surface area contributed by atoms with Crippen LogP contribution in [0.25, 0.3) is 0 Å². The van der Waals surface area contributed by atoms with Crippen molar-refractivity contribution in [2.45, 2.75) is 19.1 Å². The van der Waals surface area contributed by atoms with Gasteiger partial charge in [0.05, 0.1) is 0 Å². The average Bonchev–Trinajstić information content (AvgIpc) is 1.36. The summed E-state index contributed by atoms with van der Waals surface area (Å²) in [5.41, 5.74) is 0. The summed E-state index contributed by atoms with van der Waals surface area (Å²) >= 11 is -1.12. The maximum absolute atomic E-state index is 10.0. The summed E-state index contributed by atoms with van der Waals surface area (Å²) in [6.45, 7) is 3.63. The first-order valence-electron chi connectivity index (χ1n) is 1.79. The van der Waals surface area contributed by atoms with Crippen LogP contribution in [0.4, 0.5) is 0 Å². The second kappa shape index (κ2) is 2.44. The summed E-state index contributed by atoms with van der Waals surface area (Å²) < 4.78 is 10.0. The highest BCUT2D eigenvalue weighted by atomic mass is 32.2. The van der Waals surface area contributed by atoms with Crippen LogP contribution >= 0.6 is 0 Å². The van der Waals surface area contributed by atoms with Gasteiger partial charge in [-0.05, 0) is 13.8 Å². The van der Waals surface area contributed by atoms with Crippen molar-refractivity contribution >= 4 is 11.4 Å². The highest BCUT2D eigenvalue weighted by Crippen LogP contribution is 1.88. The van der Waals surface area contributed by atoms with Crippen molar-refractivity contribution in [2.24, 2.45) is 5.14 Å². The molecule has 0 aliphatic carbocycles. The molecule has 0 heterocycles. The minimum absolute atomic E-state index is 0.102. The first kappa shape index (κ1) is 6.27. The Hall–Kier alpha value is 0.270. The smallest absolute Gasteiger partial charge is 0.129 e. The minimum Gasteiger partial charge on any atom is -0.598 e. The van der Waals surface area contributed by atoms with Gasteiger partial charge in [-0.25, -0.2) is 0 Å². The van der Waals surface area contributed by atoms with E-state index in [9.17, 15) is 4.55 Å². The molecule has 0 aliphatic heterocycles. The van der Waals surface area contributed by atoms with Crippen LogP contribution in [-0.4, -0.2) is 9.80 Å². The van der Waals surface area contributed by atoms with E-state index in [-0.39, 0.29) is 5.25 Å². The third-order valence-corrected chi connectivity index (χ3v) is 1.39. The largest absolute Gasteiger partial charge is 0.598 e. The highest BCUT2D eigenvalue weighted by Gasteiger charge is 2.01. The van der Waals surface area contributed by atoms with E-state index in [1.807, 2.05) is 13.8 Å². The molecule has 0 aliphatic rings. The number of hydrogen-bond donors (Lipinski definition) is 1. The molecule has 0 bridgehead atoms. The molecule has 0 rings (SSSR count). The quantitative estimate of drug-likeness (QED) is 0.480. The predicted molar refractivity (Wildman–Crippen MR) is 27.5 cm³/mol. The van der Waals surface area contributed by atoms with Crippen molar-refractivity contribution in [1.82, 2.24) is 0 Å². The van der Waals surface area contributed by atoms with Gasteiger partial charge in [-0.2, -0.15) is 5.14 Å². The summed E-state index contributed by atoms with van der Waals surface area (Å²) in [4.78, 5) is 0. The molecule has 0 amide bonds. The number of rotatable bonds is 1. The molecule has 0 aromatic carbocycles. The zero-order valence-electron chi connectivity index (χ0n) is 3.97. The fraction of sp³-hybridized carbons (Fsp3) is 1.00. The van der Waals surface area contributed by atoms with Gasteiger partial charge in [-0.15, -0.1) is 0 Å². The third kappa shape index (κ3) is 2.50. The van der Waals surface area contributed by atoms with E-state index in [0.29, 0.717) is 0 Å². The van der Waals surface area contributed by atoms with E-state index in [1.54, 1.807) is 0 Å². The van der Waals surface area contributed by atoms with Crippen LogP contribution in [0.3, 0.4) is 0 Å². The van der Waals surface area contributed by atoms with Crippen LogP contribution in [0, 0.1) is 0 Å². The summed E-state index contributed by atoms with van der Waals surface area (Å²) in [6.07, 6.45) is 0. The second-order valence-electron chi connectivity index (χ2n) is 1.38. The van der Waals surface area contributed by atoms with Gasteiger partial charge in [0.15, 0.2) is 0 Å². The van der Waals surface area contributed by atoms with Crippen molar-refractivity contribution in [3.8, 4) is 0 Å². The van der Waals surface area contributed by atoms with E-state index in [4.69, 9.17) is 5.14 Å². The lowest BCUT2D eigenvalue weighted by molar-refractivity contribution is 0.588. The zero-order chi connectivity index (χ0) is 5.15. The number of nitrogens with two attached hydrogens (primary N) is 1. The Morgan fingerprint density at radius 3 is 1.83 bits per heavy atom. The maximum atomic E-state index is 10.0. The molecule has 3 heteroatoms. The SMILES string of the molecule is CC(C)[S@+](N)[O-]. The van der Waals surface area contributed by atoms with E-state index in [2.05, 4.69) is 0 Å². The van der Waals surface area contributed by atoms with E-state index in [1.165, 1.54) is 0 Å². The Morgan fingerprint density at radius 2 is 1.83 bits per heavy atom. The zero-order valence-corrected chi connectivity index (χ0v) is 4.79. The molecule has 0 radical (unpaired) electrons. The molecule has 0 unspecified atom stereocenters. The van der Waals surface area contributed by atoms with Crippen LogP contribution in [0.1, 0.15) is 13.8 Å². The van der Waals surface area contributed by atoms with Gasteiger partial charge in [0.25, 0.3) is 0 Å². The fourth-order valence-corrected chi connectivity index (χ4v) is 0. The van der Waals surface area contributed by atoms with E-state index in [0.717, 1.165) is 0 Å². The summed E-state index contributed by atoms with van der Waals surface area (Å²) in [5.74, 6) is 0. The molecule has 2 N–H and O–H groups in total. The van der Waals surface area contributed by atoms with E-state index < -0.39 is 11.4 Å². The summed E-state index contributed by atoms with van der Waals surface area (Å²) in [5, 5.41) is 5.01.